The predicted octanol–water partition coefficient (Wildman–Crippen LogP) is 0.950. The molecule has 1 rings (SSSR count). The van der Waals surface area contributed by atoms with Crippen molar-refractivity contribution >= 4 is 0 Å². The van der Waals surface area contributed by atoms with Crippen LogP contribution in [0.5, 0.6) is 0 Å². The van der Waals surface area contributed by atoms with Gasteiger partial charge in [0.1, 0.15) is 0 Å². The Morgan fingerprint density at radius 2 is 2.11 bits per heavy atom. The lowest BCUT2D eigenvalue weighted by molar-refractivity contribution is 0.0226. The number of nitrogens with zero attached hydrogens (tertiary/aromatic N) is 1. The molecule has 1 aliphatic heterocycles. The van der Waals surface area contributed by atoms with Crippen molar-refractivity contribution < 1.29 is 9.84 Å². The van der Waals surface area contributed by atoms with Gasteiger partial charge in [0.15, 0.2) is 0 Å². The van der Waals surface area contributed by atoms with Crippen LogP contribution in [0, 0.1) is 11.8 Å². The maximum Gasteiger partial charge on any atom is 0.0897 e. The second-order valence-electron chi connectivity index (χ2n) is 6.13. The topological polar surface area (TPSA) is 44.7 Å². The Kier molecular flexibility index (Phi) is 7.15. The largest absolute Gasteiger partial charge is 0.389 e. The molecule has 1 heterocycles. The van der Waals surface area contributed by atoms with Gasteiger partial charge in [0.2, 0.25) is 0 Å². The fourth-order valence-corrected chi connectivity index (χ4v) is 2.44. The van der Waals surface area contributed by atoms with Crippen molar-refractivity contribution in [1.29, 1.82) is 0 Å². The summed E-state index contributed by atoms with van der Waals surface area (Å²) in [5.41, 5.74) is 0. The number of rotatable bonds is 7. The Labute approximate surface area is 112 Å². The van der Waals surface area contributed by atoms with Crippen molar-refractivity contribution in [2.24, 2.45) is 11.8 Å². The smallest absolute Gasteiger partial charge is 0.0897 e. The van der Waals surface area contributed by atoms with Gasteiger partial charge in [-0.25, -0.2) is 0 Å². The number of aliphatic hydroxyl groups is 1. The van der Waals surface area contributed by atoms with Crippen LogP contribution in [-0.4, -0.2) is 62.0 Å². The van der Waals surface area contributed by atoms with Gasteiger partial charge in [-0.05, 0) is 31.8 Å². The molecule has 2 N–H and O–H groups in total. The zero-order chi connectivity index (χ0) is 13.5. The molecule has 4 heteroatoms. The van der Waals surface area contributed by atoms with E-state index in [0.717, 1.165) is 26.1 Å². The molecule has 3 atom stereocenters. The fraction of sp³-hybridized carbons (Fsp3) is 1.00. The first-order chi connectivity index (χ1) is 8.49. The molecule has 18 heavy (non-hydrogen) atoms. The number of likely N-dealkylation sites (tertiary alicyclic amines) is 1. The van der Waals surface area contributed by atoms with Gasteiger partial charge in [-0.3, -0.25) is 0 Å². The lowest BCUT2D eigenvalue weighted by Gasteiger charge is -2.35. The average Bonchev–Trinajstić information content (AvgIpc) is 2.27. The average molecular weight is 258 g/mol. The zero-order valence-corrected chi connectivity index (χ0v) is 12.4. The van der Waals surface area contributed by atoms with E-state index in [-0.39, 0.29) is 0 Å². The molecule has 0 aliphatic carbocycles. The van der Waals surface area contributed by atoms with Crippen molar-refractivity contribution in [2.45, 2.75) is 39.3 Å². The van der Waals surface area contributed by atoms with Crippen LogP contribution in [0.15, 0.2) is 0 Å². The van der Waals surface area contributed by atoms with Gasteiger partial charge in [0, 0.05) is 25.7 Å². The first kappa shape index (κ1) is 15.9. The first-order valence-corrected chi connectivity index (χ1v) is 7.16. The highest BCUT2D eigenvalue weighted by Crippen LogP contribution is 2.15. The van der Waals surface area contributed by atoms with E-state index in [2.05, 4.69) is 38.0 Å². The van der Waals surface area contributed by atoms with Gasteiger partial charge < -0.3 is 20.1 Å². The fourth-order valence-electron chi connectivity index (χ4n) is 2.44. The summed E-state index contributed by atoms with van der Waals surface area (Å²) in [6, 6.07) is 0.529. The summed E-state index contributed by atoms with van der Waals surface area (Å²) in [7, 11) is 2.17. The van der Waals surface area contributed by atoms with Gasteiger partial charge in [-0.15, -0.1) is 0 Å². The molecule has 0 bridgehead atoms. The third-order valence-electron chi connectivity index (χ3n) is 3.49. The molecule has 1 saturated heterocycles. The first-order valence-electron chi connectivity index (χ1n) is 7.16. The third kappa shape index (κ3) is 6.14. The minimum Gasteiger partial charge on any atom is -0.389 e. The van der Waals surface area contributed by atoms with Crippen molar-refractivity contribution in [2.75, 3.05) is 39.9 Å². The van der Waals surface area contributed by atoms with Crippen molar-refractivity contribution in [1.82, 2.24) is 10.2 Å². The summed E-state index contributed by atoms with van der Waals surface area (Å²) in [4.78, 5) is 2.37. The minimum atomic E-state index is -0.393. The molecule has 3 unspecified atom stereocenters. The van der Waals surface area contributed by atoms with Gasteiger partial charge >= 0.3 is 0 Å². The number of nitrogens with one attached hydrogen (secondary N) is 1. The highest BCUT2D eigenvalue weighted by atomic mass is 16.5. The number of aliphatic hydroxyl groups excluding tert-OH is 1. The van der Waals surface area contributed by atoms with Gasteiger partial charge in [0.25, 0.3) is 0 Å². The molecule has 108 valence electrons. The standard InChI is InChI=1S/C14H30N2O2/c1-11(2)9-18-10-13(17)7-15-14-5-6-16(4)8-12(14)3/h11-15,17H,5-10H2,1-4H3. The molecular formula is C14H30N2O2. The Morgan fingerprint density at radius 3 is 2.72 bits per heavy atom. The number of piperidine rings is 1. The van der Waals surface area contributed by atoms with Crippen LogP contribution < -0.4 is 5.32 Å². The van der Waals surface area contributed by atoms with Crippen molar-refractivity contribution in [3.63, 3.8) is 0 Å². The predicted molar refractivity (Wildman–Crippen MR) is 74.7 cm³/mol. The van der Waals surface area contributed by atoms with Crippen LogP contribution >= 0.6 is 0 Å². The molecule has 0 radical (unpaired) electrons. The molecule has 0 saturated carbocycles. The minimum absolute atomic E-state index is 0.393. The quantitative estimate of drug-likeness (QED) is 0.714. The van der Waals surface area contributed by atoms with E-state index >= 15 is 0 Å². The Morgan fingerprint density at radius 1 is 1.39 bits per heavy atom. The molecule has 4 nitrogen and oxygen atoms in total. The summed E-state index contributed by atoms with van der Waals surface area (Å²) >= 11 is 0. The number of hydrogen-bond donors (Lipinski definition) is 2. The van der Waals surface area contributed by atoms with Crippen LogP contribution in [0.25, 0.3) is 0 Å². The Balaban J connectivity index is 2.12. The lowest BCUT2D eigenvalue weighted by atomic mass is 9.94. The molecule has 1 fully saturated rings. The normalized spacial score (nSPS) is 27.7. The van der Waals surface area contributed by atoms with E-state index in [1.54, 1.807) is 0 Å². The molecule has 0 aromatic rings. The second kappa shape index (κ2) is 8.10. The van der Waals surface area contributed by atoms with Crippen molar-refractivity contribution in [3.8, 4) is 0 Å². The maximum atomic E-state index is 9.83. The van der Waals surface area contributed by atoms with Gasteiger partial charge in [-0.2, -0.15) is 0 Å². The second-order valence-corrected chi connectivity index (χ2v) is 6.13. The molecule has 0 aromatic heterocycles. The van der Waals surface area contributed by atoms with Gasteiger partial charge in [-0.1, -0.05) is 20.8 Å². The number of ether oxygens (including phenoxy) is 1. The molecule has 0 amide bonds. The van der Waals surface area contributed by atoms with Crippen LogP contribution in [0.1, 0.15) is 27.2 Å². The number of hydrogen-bond acceptors (Lipinski definition) is 4. The Bertz CT molecular complexity index is 224. The Hall–Kier alpha value is -0.160. The molecular weight excluding hydrogens is 228 g/mol. The highest BCUT2D eigenvalue weighted by molar-refractivity contribution is 4.82. The third-order valence-corrected chi connectivity index (χ3v) is 3.49. The molecule has 0 spiro atoms. The summed E-state index contributed by atoms with van der Waals surface area (Å²) in [5, 5.41) is 13.3. The van der Waals surface area contributed by atoms with E-state index in [1.807, 2.05) is 0 Å². The van der Waals surface area contributed by atoms with Crippen molar-refractivity contribution in [3.05, 3.63) is 0 Å². The molecule has 0 aromatic carbocycles. The van der Waals surface area contributed by atoms with E-state index in [4.69, 9.17) is 4.74 Å². The zero-order valence-electron chi connectivity index (χ0n) is 12.4. The highest BCUT2D eigenvalue weighted by Gasteiger charge is 2.24. The molecule has 1 aliphatic rings. The van der Waals surface area contributed by atoms with E-state index in [1.165, 1.54) is 0 Å². The van der Waals surface area contributed by atoms with Crippen LogP contribution in [0.3, 0.4) is 0 Å². The van der Waals surface area contributed by atoms with E-state index < -0.39 is 6.10 Å². The monoisotopic (exact) mass is 258 g/mol. The van der Waals surface area contributed by atoms with E-state index in [9.17, 15) is 5.11 Å². The van der Waals surface area contributed by atoms with Gasteiger partial charge in [0.05, 0.1) is 12.7 Å². The van der Waals surface area contributed by atoms with Crippen LogP contribution in [-0.2, 0) is 4.74 Å². The van der Waals surface area contributed by atoms with Crippen LogP contribution in [0.2, 0.25) is 0 Å². The SMILES string of the molecule is CC(C)COCC(O)CNC1CCN(C)CC1C. The summed E-state index contributed by atoms with van der Waals surface area (Å²) in [6.45, 7) is 10.6. The summed E-state index contributed by atoms with van der Waals surface area (Å²) in [5.74, 6) is 1.17. The lowest BCUT2D eigenvalue weighted by Crippen LogP contribution is -2.49. The van der Waals surface area contributed by atoms with E-state index in [0.29, 0.717) is 31.0 Å². The summed E-state index contributed by atoms with van der Waals surface area (Å²) in [6.07, 6.45) is 0.771. The summed E-state index contributed by atoms with van der Waals surface area (Å²) < 4.78 is 5.44. The van der Waals surface area contributed by atoms with Crippen LogP contribution in [0.4, 0.5) is 0 Å². The maximum absolute atomic E-state index is 9.83.